The van der Waals surface area contributed by atoms with Crippen LogP contribution >= 0.6 is 0 Å². The quantitative estimate of drug-likeness (QED) is 0.659. The van der Waals surface area contributed by atoms with E-state index in [0.717, 1.165) is 5.56 Å². The van der Waals surface area contributed by atoms with Crippen molar-refractivity contribution in [3.05, 3.63) is 89.8 Å². The van der Waals surface area contributed by atoms with E-state index in [1.165, 1.54) is 6.07 Å². The third-order valence-electron chi connectivity index (χ3n) is 4.29. The van der Waals surface area contributed by atoms with Crippen molar-refractivity contribution < 1.29 is 14.0 Å². The molecule has 0 aliphatic rings. The topological polar surface area (TPSA) is 76.0 Å². The first kappa shape index (κ1) is 19.3. The number of nitrogens with zero attached hydrogens (tertiary/aromatic N) is 2. The van der Waals surface area contributed by atoms with Gasteiger partial charge in [-0.1, -0.05) is 48.5 Å². The van der Waals surface area contributed by atoms with Crippen LogP contribution in [-0.4, -0.2) is 27.9 Å². The van der Waals surface area contributed by atoms with Gasteiger partial charge in [0, 0.05) is 25.0 Å². The van der Waals surface area contributed by atoms with Crippen LogP contribution in [0.5, 0.6) is 0 Å². The molecule has 1 aromatic heterocycles. The zero-order valence-corrected chi connectivity index (χ0v) is 15.4. The molecule has 6 nitrogen and oxygen atoms in total. The van der Waals surface area contributed by atoms with Crippen molar-refractivity contribution in [1.82, 2.24) is 20.2 Å². The largest absolute Gasteiger partial charge is 0.347 e. The molecular formula is C21H21FN4O2. The molecule has 7 heteroatoms. The predicted molar refractivity (Wildman–Crippen MR) is 103 cm³/mol. The van der Waals surface area contributed by atoms with E-state index in [-0.39, 0.29) is 18.9 Å². The molecule has 1 atom stereocenters. The summed E-state index contributed by atoms with van der Waals surface area (Å²) in [4.78, 5) is 28.7. The average molecular weight is 380 g/mol. The Morgan fingerprint density at radius 1 is 1.07 bits per heavy atom. The molecule has 0 radical (unpaired) electrons. The summed E-state index contributed by atoms with van der Waals surface area (Å²) in [7, 11) is 1.77. The highest BCUT2D eigenvalue weighted by atomic mass is 19.1. The molecule has 0 aliphatic heterocycles. The summed E-state index contributed by atoms with van der Waals surface area (Å²) in [6, 6.07) is 14.7. The van der Waals surface area contributed by atoms with Gasteiger partial charge < -0.3 is 15.2 Å². The number of carbonyl (C=O) groups excluding carboxylic acids is 2. The van der Waals surface area contributed by atoms with Crippen molar-refractivity contribution in [2.24, 2.45) is 7.05 Å². The van der Waals surface area contributed by atoms with E-state index in [0.29, 0.717) is 11.4 Å². The molecule has 1 unspecified atom stereocenters. The Balaban J connectivity index is 1.66. The number of imidazole rings is 1. The van der Waals surface area contributed by atoms with Crippen molar-refractivity contribution in [2.45, 2.75) is 12.5 Å². The normalized spacial score (nSPS) is 11.6. The van der Waals surface area contributed by atoms with Crippen LogP contribution in [-0.2, 0) is 23.1 Å². The molecular weight excluding hydrogens is 359 g/mol. The maximum atomic E-state index is 14.3. The molecule has 0 saturated heterocycles. The molecule has 0 aliphatic carbocycles. The Kier molecular flexibility index (Phi) is 6.16. The maximum absolute atomic E-state index is 14.3. The van der Waals surface area contributed by atoms with Crippen molar-refractivity contribution in [2.75, 3.05) is 6.54 Å². The minimum Gasteiger partial charge on any atom is -0.347 e. The van der Waals surface area contributed by atoms with Crippen molar-refractivity contribution in [1.29, 1.82) is 0 Å². The summed E-state index contributed by atoms with van der Waals surface area (Å²) < 4.78 is 16.0. The Bertz CT molecular complexity index is 956. The summed E-state index contributed by atoms with van der Waals surface area (Å²) in [5.74, 6) is -0.642. The van der Waals surface area contributed by atoms with E-state index >= 15 is 0 Å². The fourth-order valence-corrected chi connectivity index (χ4v) is 2.88. The van der Waals surface area contributed by atoms with Crippen LogP contribution in [0.3, 0.4) is 0 Å². The van der Waals surface area contributed by atoms with E-state index < -0.39 is 17.8 Å². The summed E-state index contributed by atoms with van der Waals surface area (Å²) >= 11 is 0. The molecule has 1 heterocycles. The Morgan fingerprint density at radius 3 is 2.46 bits per heavy atom. The summed E-state index contributed by atoms with van der Waals surface area (Å²) in [6.07, 6.45) is 3.48. The number of aryl methyl sites for hydroxylation is 1. The zero-order chi connectivity index (χ0) is 19.9. The fourth-order valence-electron chi connectivity index (χ4n) is 2.88. The van der Waals surface area contributed by atoms with Crippen LogP contribution in [0.25, 0.3) is 0 Å². The smallest absolute Gasteiger partial charge is 0.240 e. The molecule has 0 bridgehead atoms. The number of hydrogen-bond donors (Lipinski definition) is 2. The first-order chi connectivity index (χ1) is 13.5. The number of halogens is 1. The van der Waals surface area contributed by atoms with Gasteiger partial charge in [-0.25, -0.2) is 9.37 Å². The maximum Gasteiger partial charge on any atom is 0.240 e. The second kappa shape index (κ2) is 8.94. The molecule has 28 heavy (non-hydrogen) atoms. The van der Waals surface area contributed by atoms with Crippen molar-refractivity contribution >= 4 is 11.8 Å². The molecule has 2 aromatic carbocycles. The first-order valence-electron chi connectivity index (χ1n) is 8.86. The third-order valence-corrected chi connectivity index (χ3v) is 4.29. The number of nitrogens with one attached hydrogen (secondary N) is 2. The van der Waals surface area contributed by atoms with Crippen LogP contribution in [0.2, 0.25) is 0 Å². The Labute approximate surface area is 162 Å². The number of carbonyl (C=O) groups is 2. The van der Waals surface area contributed by atoms with Crippen molar-refractivity contribution in [3.63, 3.8) is 0 Å². The first-order valence-corrected chi connectivity index (χ1v) is 8.86. The molecule has 0 saturated carbocycles. The highest BCUT2D eigenvalue weighted by Gasteiger charge is 2.23. The molecule has 3 rings (SSSR count). The monoisotopic (exact) mass is 380 g/mol. The second-order valence-corrected chi connectivity index (χ2v) is 6.36. The van der Waals surface area contributed by atoms with E-state index in [1.54, 1.807) is 42.2 Å². The number of amides is 2. The number of aromatic nitrogens is 2. The fraction of sp³-hybridized carbons (Fsp3) is 0.190. The lowest BCUT2D eigenvalue weighted by Gasteiger charge is -2.20. The van der Waals surface area contributed by atoms with Crippen LogP contribution < -0.4 is 10.6 Å². The number of rotatable bonds is 7. The SMILES string of the molecule is Cn1ccnc1C(NC(=O)CNC(=O)Cc1ccccc1)c1ccccc1F. The lowest BCUT2D eigenvalue weighted by molar-refractivity contribution is -0.126. The Morgan fingerprint density at radius 2 is 1.79 bits per heavy atom. The highest BCUT2D eigenvalue weighted by Crippen LogP contribution is 2.22. The molecule has 144 valence electrons. The van der Waals surface area contributed by atoms with E-state index in [2.05, 4.69) is 15.6 Å². The molecule has 3 aromatic rings. The van der Waals surface area contributed by atoms with Crippen LogP contribution in [0, 0.1) is 5.82 Å². The summed E-state index contributed by atoms with van der Waals surface area (Å²) in [5.41, 5.74) is 1.17. The molecule has 2 amide bonds. The molecule has 2 N–H and O–H groups in total. The van der Waals surface area contributed by atoms with Gasteiger partial charge in [-0.15, -0.1) is 0 Å². The van der Waals surface area contributed by atoms with Gasteiger partial charge in [-0.3, -0.25) is 9.59 Å². The van der Waals surface area contributed by atoms with Gasteiger partial charge in [0.25, 0.3) is 0 Å². The standard InChI is InChI=1S/C21H21FN4O2/c1-26-12-11-23-21(26)20(16-9-5-6-10-17(16)22)25-19(28)14-24-18(27)13-15-7-3-2-4-8-15/h2-12,20H,13-14H2,1H3,(H,24,27)(H,25,28). The van der Waals surface area contributed by atoms with Gasteiger partial charge in [-0.05, 0) is 11.6 Å². The lowest BCUT2D eigenvalue weighted by Crippen LogP contribution is -2.40. The minimum absolute atomic E-state index is 0.185. The Hall–Kier alpha value is -3.48. The summed E-state index contributed by atoms with van der Waals surface area (Å²) in [6.45, 7) is -0.207. The number of hydrogen-bond acceptors (Lipinski definition) is 3. The van der Waals surface area contributed by atoms with E-state index in [9.17, 15) is 14.0 Å². The predicted octanol–water partition coefficient (Wildman–Crippen LogP) is 2.12. The zero-order valence-electron chi connectivity index (χ0n) is 15.4. The lowest BCUT2D eigenvalue weighted by atomic mass is 10.1. The number of benzene rings is 2. The van der Waals surface area contributed by atoms with Crippen LogP contribution in [0.4, 0.5) is 4.39 Å². The van der Waals surface area contributed by atoms with Crippen LogP contribution in [0.15, 0.2) is 67.0 Å². The highest BCUT2D eigenvalue weighted by molar-refractivity contribution is 5.86. The van der Waals surface area contributed by atoms with Gasteiger partial charge in [0.15, 0.2) is 0 Å². The average Bonchev–Trinajstić information content (AvgIpc) is 3.12. The van der Waals surface area contributed by atoms with Gasteiger partial charge in [0.1, 0.15) is 17.7 Å². The van der Waals surface area contributed by atoms with E-state index in [4.69, 9.17) is 0 Å². The van der Waals surface area contributed by atoms with Gasteiger partial charge in [-0.2, -0.15) is 0 Å². The third kappa shape index (κ3) is 4.82. The van der Waals surface area contributed by atoms with Gasteiger partial charge in [0.05, 0.1) is 13.0 Å². The molecule has 0 spiro atoms. The minimum atomic E-state index is -0.764. The van der Waals surface area contributed by atoms with Crippen molar-refractivity contribution in [3.8, 4) is 0 Å². The van der Waals surface area contributed by atoms with Gasteiger partial charge in [0.2, 0.25) is 11.8 Å². The second-order valence-electron chi connectivity index (χ2n) is 6.36. The van der Waals surface area contributed by atoms with Gasteiger partial charge >= 0.3 is 0 Å². The van der Waals surface area contributed by atoms with E-state index in [1.807, 2.05) is 30.3 Å². The van der Waals surface area contributed by atoms with Crippen LogP contribution in [0.1, 0.15) is 23.0 Å². The summed E-state index contributed by atoms with van der Waals surface area (Å²) in [5, 5.41) is 5.35. The molecule has 0 fully saturated rings.